The number of amides is 1. The Bertz CT molecular complexity index is 137. The summed E-state index contributed by atoms with van der Waals surface area (Å²) >= 11 is 0. The molecule has 3 nitrogen and oxygen atoms in total. The lowest BCUT2D eigenvalue weighted by Gasteiger charge is -2.16. The van der Waals surface area contributed by atoms with Crippen LogP contribution in [0, 0.1) is 0 Å². The number of quaternary nitrogens is 1. The minimum absolute atomic E-state index is 0. The second kappa shape index (κ2) is 4.30. The van der Waals surface area contributed by atoms with Crippen LogP contribution in [0.4, 0.5) is 0 Å². The Morgan fingerprint density at radius 3 is 1.90 bits per heavy atom. The van der Waals surface area contributed by atoms with Gasteiger partial charge in [0.1, 0.15) is 6.20 Å². The predicted molar refractivity (Wildman–Crippen MR) is 36.4 cm³/mol. The lowest BCUT2D eigenvalue weighted by molar-refractivity contribution is -0.817. The van der Waals surface area contributed by atoms with Gasteiger partial charge in [0.15, 0.2) is 0 Å². The summed E-state index contributed by atoms with van der Waals surface area (Å²) in [5.41, 5.74) is 4.86. The molecule has 1 amide bonds. The van der Waals surface area contributed by atoms with Gasteiger partial charge in [-0.25, -0.2) is 0 Å². The molecule has 0 rings (SSSR count). The van der Waals surface area contributed by atoms with Crippen molar-refractivity contribution in [3.8, 4) is 0 Å². The lowest BCUT2D eigenvalue weighted by atomic mass is 10.5. The fourth-order valence-corrected chi connectivity index (χ4v) is 0.297. The summed E-state index contributed by atoms with van der Waals surface area (Å²) in [5.74, 6) is -0.400. The molecule has 0 radical (unpaired) electrons. The lowest BCUT2D eigenvalue weighted by Crippen LogP contribution is -3.00. The molecule has 2 N–H and O–H groups in total. The van der Waals surface area contributed by atoms with E-state index in [1.165, 1.54) is 6.08 Å². The molecular weight excluding hydrogens is 152 g/mol. The maximum atomic E-state index is 10.2. The molecule has 60 valence electrons. The van der Waals surface area contributed by atoms with E-state index in [4.69, 9.17) is 5.73 Å². The Morgan fingerprint density at radius 2 is 1.80 bits per heavy atom. The Morgan fingerprint density at radius 1 is 1.40 bits per heavy atom. The summed E-state index contributed by atoms with van der Waals surface area (Å²) in [6, 6.07) is 0. The number of carbonyl (C=O) groups excluding carboxylic acids is 1. The van der Waals surface area contributed by atoms with Gasteiger partial charge in [-0.2, -0.15) is 0 Å². The molecule has 0 spiro atoms. The number of nitrogens with zero attached hydrogens (tertiary/aromatic N) is 1. The number of carbonyl (C=O) groups is 1. The zero-order valence-electron chi connectivity index (χ0n) is 6.47. The van der Waals surface area contributed by atoms with Gasteiger partial charge in [0.2, 0.25) is 5.91 Å². The van der Waals surface area contributed by atoms with E-state index in [9.17, 15) is 4.79 Å². The highest BCUT2D eigenvalue weighted by Crippen LogP contribution is 1.89. The first kappa shape index (κ1) is 12.2. The maximum Gasteiger partial charge on any atom is 0.246 e. The summed E-state index contributed by atoms with van der Waals surface area (Å²) in [7, 11) is 5.83. The van der Waals surface area contributed by atoms with Crippen LogP contribution in [0.1, 0.15) is 0 Å². The van der Waals surface area contributed by atoms with Crippen molar-refractivity contribution in [2.45, 2.75) is 0 Å². The highest BCUT2D eigenvalue weighted by atomic mass is 35.5. The Balaban J connectivity index is 0. The van der Waals surface area contributed by atoms with Gasteiger partial charge >= 0.3 is 0 Å². The predicted octanol–water partition coefficient (Wildman–Crippen LogP) is -3.30. The number of primary amides is 1. The van der Waals surface area contributed by atoms with Crippen molar-refractivity contribution in [3.63, 3.8) is 0 Å². The first-order valence-electron chi connectivity index (χ1n) is 2.71. The van der Waals surface area contributed by atoms with Crippen molar-refractivity contribution in [2.24, 2.45) is 5.73 Å². The van der Waals surface area contributed by atoms with E-state index in [-0.39, 0.29) is 12.4 Å². The third-order valence-corrected chi connectivity index (χ3v) is 0.686. The van der Waals surface area contributed by atoms with E-state index in [2.05, 4.69) is 0 Å². The Hall–Kier alpha value is -0.540. The molecule has 0 aromatic heterocycles. The van der Waals surface area contributed by atoms with E-state index in [1.54, 1.807) is 6.20 Å². The summed E-state index contributed by atoms with van der Waals surface area (Å²) < 4.78 is 0.614. The average Bonchev–Trinajstić information content (AvgIpc) is 1.59. The van der Waals surface area contributed by atoms with Crippen LogP contribution in [0.15, 0.2) is 12.3 Å². The van der Waals surface area contributed by atoms with E-state index < -0.39 is 5.91 Å². The maximum absolute atomic E-state index is 10.2. The molecule has 0 aliphatic rings. The smallest absolute Gasteiger partial charge is 0.246 e. The minimum Gasteiger partial charge on any atom is -1.00 e. The zero-order valence-corrected chi connectivity index (χ0v) is 7.22. The van der Waals surface area contributed by atoms with E-state index in [0.29, 0.717) is 4.48 Å². The molecule has 0 bridgehead atoms. The van der Waals surface area contributed by atoms with E-state index in [0.717, 1.165) is 0 Å². The average molecular weight is 165 g/mol. The van der Waals surface area contributed by atoms with E-state index in [1.807, 2.05) is 21.1 Å². The van der Waals surface area contributed by atoms with Gasteiger partial charge in [0.05, 0.1) is 27.2 Å². The molecule has 0 unspecified atom stereocenters. The van der Waals surface area contributed by atoms with Crippen LogP contribution in [-0.2, 0) is 4.79 Å². The first-order valence-corrected chi connectivity index (χ1v) is 2.71. The first-order chi connectivity index (χ1) is 3.92. The molecule has 0 aromatic carbocycles. The highest BCUT2D eigenvalue weighted by molar-refractivity contribution is 5.85. The van der Waals surface area contributed by atoms with Crippen molar-refractivity contribution < 1.29 is 21.7 Å². The van der Waals surface area contributed by atoms with Crippen LogP contribution in [0.25, 0.3) is 0 Å². The van der Waals surface area contributed by atoms with Crippen LogP contribution >= 0.6 is 0 Å². The SMILES string of the molecule is C[N+](C)(C)C=CC(N)=O.[Cl-]. The molecule has 0 heterocycles. The molecule has 0 fully saturated rings. The second-order valence-electron chi connectivity index (χ2n) is 2.83. The van der Waals surface area contributed by atoms with Crippen molar-refractivity contribution in [1.29, 1.82) is 0 Å². The monoisotopic (exact) mass is 164 g/mol. The fraction of sp³-hybridized carbons (Fsp3) is 0.500. The third kappa shape index (κ3) is 10.4. The normalized spacial score (nSPS) is 11.1. The van der Waals surface area contributed by atoms with E-state index >= 15 is 0 Å². The van der Waals surface area contributed by atoms with Gasteiger partial charge in [0.25, 0.3) is 0 Å². The topological polar surface area (TPSA) is 43.1 Å². The quantitative estimate of drug-likeness (QED) is 0.337. The molecular formula is C6H13ClN2O. The van der Waals surface area contributed by atoms with Crippen LogP contribution in [-0.4, -0.2) is 31.5 Å². The van der Waals surface area contributed by atoms with Gasteiger partial charge < -0.3 is 22.6 Å². The van der Waals surface area contributed by atoms with Crippen molar-refractivity contribution in [3.05, 3.63) is 12.3 Å². The third-order valence-electron chi connectivity index (χ3n) is 0.686. The number of hydrogen-bond donors (Lipinski definition) is 1. The molecule has 0 atom stereocenters. The van der Waals surface area contributed by atoms with Crippen LogP contribution in [0.2, 0.25) is 0 Å². The molecule has 0 aliphatic carbocycles. The van der Waals surface area contributed by atoms with Gasteiger partial charge in [-0.15, -0.1) is 0 Å². The molecule has 0 saturated carbocycles. The number of halogens is 1. The van der Waals surface area contributed by atoms with Crippen LogP contribution in [0.5, 0.6) is 0 Å². The van der Waals surface area contributed by atoms with Gasteiger partial charge in [-0.1, -0.05) is 0 Å². The van der Waals surface area contributed by atoms with Gasteiger partial charge in [-0.3, -0.25) is 4.79 Å². The summed E-state index contributed by atoms with van der Waals surface area (Å²) in [5, 5.41) is 0. The van der Waals surface area contributed by atoms with Crippen molar-refractivity contribution in [2.75, 3.05) is 21.1 Å². The van der Waals surface area contributed by atoms with Gasteiger partial charge in [0, 0.05) is 0 Å². The van der Waals surface area contributed by atoms with Crippen molar-refractivity contribution in [1.82, 2.24) is 0 Å². The highest BCUT2D eigenvalue weighted by Gasteiger charge is 1.99. The number of rotatable bonds is 2. The zero-order chi connectivity index (χ0) is 7.49. The number of nitrogens with two attached hydrogens (primary N) is 1. The molecule has 0 saturated heterocycles. The summed E-state index contributed by atoms with van der Waals surface area (Å²) in [6.45, 7) is 0. The summed E-state index contributed by atoms with van der Waals surface area (Å²) in [6.07, 6.45) is 3.09. The van der Waals surface area contributed by atoms with Crippen LogP contribution < -0.4 is 18.1 Å². The largest absolute Gasteiger partial charge is 1.00 e. The Kier molecular flexibility index (Phi) is 5.24. The van der Waals surface area contributed by atoms with Crippen LogP contribution in [0.3, 0.4) is 0 Å². The van der Waals surface area contributed by atoms with Gasteiger partial charge in [-0.05, 0) is 0 Å². The Labute approximate surface area is 67.5 Å². The second-order valence-corrected chi connectivity index (χ2v) is 2.83. The molecule has 4 heteroatoms. The standard InChI is InChI=1S/C6H12N2O.ClH/c1-8(2,3)5-4-6(7)9;/h4-5H,1-3H3,(H-,7,9);1H. The molecule has 10 heavy (non-hydrogen) atoms. The molecule has 0 aromatic rings. The minimum atomic E-state index is -0.400. The molecule has 0 aliphatic heterocycles. The fourth-order valence-electron chi connectivity index (χ4n) is 0.297. The summed E-state index contributed by atoms with van der Waals surface area (Å²) in [4.78, 5) is 10.2. The van der Waals surface area contributed by atoms with Crippen molar-refractivity contribution >= 4 is 5.91 Å². The number of hydrogen-bond acceptors (Lipinski definition) is 1.